The molecule has 0 bridgehead atoms. The first-order valence-corrected chi connectivity index (χ1v) is 11.6. The van der Waals surface area contributed by atoms with Crippen LogP contribution in [0.25, 0.3) is 21.8 Å². The number of fused-ring (bicyclic) bond motifs is 2. The van der Waals surface area contributed by atoms with Crippen LogP contribution in [0.15, 0.2) is 70.5 Å². The molecule has 0 aliphatic carbocycles. The number of aromatic amines is 1. The average molecular weight is 451 g/mol. The minimum atomic E-state index is -3.73. The molecule has 1 amide bonds. The number of pyridine rings is 2. The van der Waals surface area contributed by atoms with E-state index in [9.17, 15) is 18.0 Å². The van der Waals surface area contributed by atoms with Crippen molar-refractivity contribution in [3.63, 3.8) is 0 Å². The largest absolute Gasteiger partial charge is 0.322 e. The fourth-order valence-corrected chi connectivity index (χ4v) is 5.13. The van der Waals surface area contributed by atoms with Crippen LogP contribution in [0.5, 0.6) is 0 Å². The normalized spacial score (nSPS) is 11.8. The number of benzene rings is 2. The third kappa shape index (κ3) is 4.00. The fourth-order valence-electron chi connectivity index (χ4n) is 3.65. The molecular formula is C23H22N4O4S. The Hall–Kier alpha value is -3.56. The van der Waals surface area contributed by atoms with Crippen LogP contribution in [-0.2, 0) is 10.0 Å². The number of hydrogen-bond acceptors (Lipinski definition) is 5. The first-order valence-electron chi connectivity index (χ1n) is 10.2. The van der Waals surface area contributed by atoms with Crippen molar-refractivity contribution in [2.24, 2.45) is 0 Å². The van der Waals surface area contributed by atoms with Crippen molar-refractivity contribution < 1.29 is 13.2 Å². The van der Waals surface area contributed by atoms with E-state index in [0.717, 1.165) is 10.9 Å². The summed E-state index contributed by atoms with van der Waals surface area (Å²) >= 11 is 0. The standard InChI is InChI=1S/C23H22N4O4S/c1-3-27(4-2)32(30,31)17-8-10-21-18(13-17)19(14-22(28)26-21)23(29)25-16-7-9-20-15(12-16)6-5-11-24-20/h5-14H,3-4H2,1-2H3,(H,25,29)(H,26,28). The summed E-state index contributed by atoms with van der Waals surface area (Å²) in [6.07, 6.45) is 1.69. The molecule has 164 valence electrons. The third-order valence-corrected chi connectivity index (χ3v) is 7.31. The lowest BCUT2D eigenvalue weighted by Gasteiger charge is -2.19. The molecule has 2 aromatic carbocycles. The number of anilines is 1. The first kappa shape index (κ1) is 21.7. The number of H-pyrrole nitrogens is 1. The maximum absolute atomic E-state index is 13.1. The Bertz CT molecular complexity index is 1490. The fraction of sp³-hybridized carbons (Fsp3) is 0.174. The van der Waals surface area contributed by atoms with Crippen LogP contribution < -0.4 is 10.9 Å². The van der Waals surface area contributed by atoms with Crippen molar-refractivity contribution in [3.05, 3.63) is 76.7 Å². The van der Waals surface area contributed by atoms with Crippen LogP contribution in [0.3, 0.4) is 0 Å². The first-order chi connectivity index (χ1) is 15.3. The Morgan fingerprint density at radius 3 is 2.59 bits per heavy atom. The lowest BCUT2D eigenvalue weighted by atomic mass is 10.1. The van der Waals surface area contributed by atoms with E-state index in [0.29, 0.717) is 29.7 Å². The van der Waals surface area contributed by atoms with E-state index in [1.165, 1.54) is 28.6 Å². The smallest absolute Gasteiger partial charge is 0.256 e. The molecule has 2 heterocycles. The molecule has 9 heteroatoms. The number of rotatable bonds is 6. The predicted octanol–water partition coefficient (Wildman–Crippen LogP) is 3.36. The number of aromatic nitrogens is 2. The molecule has 8 nitrogen and oxygen atoms in total. The Morgan fingerprint density at radius 1 is 1.06 bits per heavy atom. The maximum atomic E-state index is 13.1. The Kier molecular flexibility index (Phi) is 5.77. The van der Waals surface area contributed by atoms with Gasteiger partial charge >= 0.3 is 0 Å². The van der Waals surface area contributed by atoms with Gasteiger partial charge in [0.15, 0.2) is 0 Å². The van der Waals surface area contributed by atoms with Gasteiger partial charge in [-0.2, -0.15) is 4.31 Å². The lowest BCUT2D eigenvalue weighted by Crippen LogP contribution is -2.30. The quantitative estimate of drug-likeness (QED) is 0.468. The predicted molar refractivity (Wildman–Crippen MR) is 124 cm³/mol. The molecule has 0 fully saturated rings. The van der Waals surface area contributed by atoms with Crippen molar-refractivity contribution in [1.82, 2.24) is 14.3 Å². The average Bonchev–Trinajstić information content (AvgIpc) is 2.78. The molecule has 2 N–H and O–H groups in total. The molecule has 2 aromatic heterocycles. The number of sulfonamides is 1. The Balaban J connectivity index is 1.78. The van der Waals surface area contributed by atoms with Crippen molar-refractivity contribution in [2.75, 3.05) is 18.4 Å². The topological polar surface area (TPSA) is 112 Å². The SMILES string of the molecule is CCN(CC)S(=O)(=O)c1ccc2[nH]c(=O)cc(C(=O)Nc3ccc4ncccc4c3)c2c1. The second kappa shape index (κ2) is 8.52. The number of hydrogen-bond donors (Lipinski definition) is 2. The molecule has 0 aliphatic rings. The summed E-state index contributed by atoms with van der Waals surface area (Å²) in [7, 11) is -3.73. The van der Waals surface area contributed by atoms with Gasteiger partial charge in [0, 0.05) is 47.3 Å². The Labute approximate surface area is 185 Å². The van der Waals surface area contributed by atoms with Gasteiger partial charge in [0.05, 0.1) is 16.0 Å². The van der Waals surface area contributed by atoms with E-state index in [2.05, 4.69) is 15.3 Å². The molecule has 0 saturated heterocycles. The van der Waals surface area contributed by atoms with E-state index in [1.807, 2.05) is 6.07 Å². The molecular weight excluding hydrogens is 428 g/mol. The molecule has 0 unspecified atom stereocenters. The number of nitrogens with zero attached hydrogens (tertiary/aromatic N) is 2. The monoisotopic (exact) mass is 450 g/mol. The van der Waals surface area contributed by atoms with Crippen molar-refractivity contribution >= 4 is 43.4 Å². The van der Waals surface area contributed by atoms with Gasteiger partial charge < -0.3 is 10.3 Å². The van der Waals surface area contributed by atoms with Crippen LogP contribution in [0.1, 0.15) is 24.2 Å². The zero-order valence-corrected chi connectivity index (χ0v) is 18.4. The molecule has 4 aromatic rings. The zero-order valence-electron chi connectivity index (χ0n) is 17.6. The summed E-state index contributed by atoms with van der Waals surface area (Å²) in [4.78, 5) is 32.2. The minimum Gasteiger partial charge on any atom is -0.322 e. The summed E-state index contributed by atoms with van der Waals surface area (Å²) in [5.41, 5.74) is 1.34. The molecule has 0 spiro atoms. The minimum absolute atomic E-state index is 0.0616. The van der Waals surface area contributed by atoms with Gasteiger partial charge in [0.1, 0.15) is 0 Å². The molecule has 0 aliphatic heterocycles. The number of nitrogens with one attached hydrogen (secondary N) is 2. The number of carbonyl (C=O) groups is 1. The van der Waals surface area contributed by atoms with Gasteiger partial charge in [0.2, 0.25) is 15.6 Å². The van der Waals surface area contributed by atoms with E-state index in [4.69, 9.17) is 0 Å². The third-order valence-electron chi connectivity index (χ3n) is 5.26. The van der Waals surface area contributed by atoms with E-state index in [1.54, 1.807) is 44.3 Å². The summed E-state index contributed by atoms with van der Waals surface area (Å²) < 4.78 is 27.2. The van der Waals surface area contributed by atoms with Crippen LogP contribution in [0, 0.1) is 0 Å². The zero-order chi connectivity index (χ0) is 22.9. The van der Waals surface area contributed by atoms with Crippen LogP contribution in [0.2, 0.25) is 0 Å². The highest BCUT2D eigenvalue weighted by Gasteiger charge is 2.23. The van der Waals surface area contributed by atoms with Crippen molar-refractivity contribution in [3.8, 4) is 0 Å². The highest BCUT2D eigenvalue weighted by atomic mass is 32.2. The van der Waals surface area contributed by atoms with Crippen LogP contribution >= 0.6 is 0 Å². The maximum Gasteiger partial charge on any atom is 0.256 e. The van der Waals surface area contributed by atoms with Gasteiger partial charge in [-0.3, -0.25) is 14.6 Å². The van der Waals surface area contributed by atoms with E-state index >= 15 is 0 Å². The molecule has 4 rings (SSSR count). The van der Waals surface area contributed by atoms with Gasteiger partial charge in [-0.25, -0.2) is 8.42 Å². The van der Waals surface area contributed by atoms with E-state index < -0.39 is 21.5 Å². The lowest BCUT2D eigenvalue weighted by molar-refractivity contribution is 0.102. The van der Waals surface area contributed by atoms with Gasteiger partial charge in [0.25, 0.3) is 5.91 Å². The molecule has 0 saturated carbocycles. The van der Waals surface area contributed by atoms with Crippen molar-refractivity contribution in [2.45, 2.75) is 18.7 Å². The summed E-state index contributed by atoms with van der Waals surface area (Å²) in [6, 6.07) is 14.5. The Morgan fingerprint density at radius 2 is 1.84 bits per heavy atom. The van der Waals surface area contributed by atoms with E-state index in [-0.39, 0.29) is 10.5 Å². The summed E-state index contributed by atoms with van der Waals surface area (Å²) in [5, 5.41) is 3.99. The molecule has 0 atom stereocenters. The highest BCUT2D eigenvalue weighted by molar-refractivity contribution is 7.89. The van der Waals surface area contributed by atoms with Gasteiger partial charge in [-0.1, -0.05) is 19.9 Å². The number of amides is 1. The van der Waals surface area contributed by atoms with Gasteiger partial charge in [-0.05, 0) is 42.5 Å². The van der Waals surface area contributed by atoms with Crippen molar-refractivity contribution in [1.29, 1.82) is 0 Å². The second-order valence-corrected chi connectivity index (χ2v) is 9.15. The summed E-state index contributed by atoms with van der Waals surface area (Å²) in [5.74, 6) is -0.512. The highest BCUT2D eigenvalue weighted by Crippen LogP contribution is 2.24. The van der Waals surface area contributed by atoms with Crippen LogP contribution in [-0.4, -0.2) is 41.7 Å². The molecule has 0 radical (unpaired) electrons. The summed E-state index contributed by atoms with van der Waals surface area (Å²) in [6.45, 7) is 4.17. The van der Waals surface area contributed by atoms with Crippen LogP contribution in [0.4, 0.5) is 5.69 Å². The second-order valence-electron chi connectivity index (χ2n) is 7.21. The molecule has 32 heavy (non-hydrogen) atoms. The number of carbonyl (C=O) groups excluding carboxylic acids is 1. The van der Waals surface area contributed by atoms with Gasteiger partial charge in [-0.15, -0.1) is 0 Å².